The minimum absolute atomic E-state index is 0.217. The van der Waals surface area contributed by atoms with Crippen molar-refractivity contribution in [1.29, 1.82) is 0 Å². The third-order valence-corrected chi connectivity index (χ3v) is 2.66. The number of benzene rings is 1. The maximum atomic E-state index is 9.68. The fourth-order valence-electron chi connectivity index (χ4n) is 1.57. The van der Waals surface area contributed by atoms with Crippen LogP contribution in [0.5, 0.6) is 5.75 Å². The molecule has 1 atom stereocenters. The molecule has 2 nitrogen and oxygen atoms in total. The number of halogens is 1. The molecule has 3 heteroatoms. The first kappa shape index (κ1) is 12.3. The van der Waals surface area contributed by atoms with Gasteiger partial charge in [-0.05, 0) is 49.6 Å². The Morgan fingerprint density at radius 2 is 2.00 bits per heavy atom. The first-order chi connectivity index (χ1) is 7.10. The van der Waals surface area contributed by atoms with Crippen LogP contribution in [0.2, 0.25) is 0 Å². The second-order valence-electron chi connectivity index (χ2n) is 3.58. The van der Waals surface area contributed by atoms with Gasteiger partial charge in [-0.25, -0.2) is 0 Å². The molecular weight excluding hydrogens is 212 g/mol. The summed E-state index contributed by atoms with van der Waals surface area (Å²) in [4.78, 5) is 0. The van der Waals surface area contributed by atoms with Gasteiger partial charge in [-0.1, -0.05) is 0 Å². The highest BCUT2D eigenvalue weighted by molar-refractivity contribution is 6.18. The van der Waals surface area contributed by atoms with E-state index < -0.39 is 6.10 Å². The zero-order valence-corrected chi connectivity index (χ0v) is 10.1. The van der Waals surface area contributed by atoms with Crippen LogP contribution in [0.3, 0.4) is 0 Å². The number of hydrogen-bond acceptors (Lipinski definition) is 2. The van der Waals surface area contributed by atoms with Crippen LogP contribution in [0.25, 0.3) is 0 Å². The summed E-state index contributed by atoms with van der Waals surface area (Å²) in [6.07, 6.45) is -0.596. The summed E-state index contributed by atoms with van der Waals surface area (Å²) in [6.45, 7) is 6.52. The van der Waals surface area contributed by atoms with Crippen LogP contribution in [0.4, 0.5) is 0 Å². The van der Waals surface area contributed by atoms with Gasteiger partial charge < -0.3 is 9.84 Å². The zero-order valence-electron chi connectivity index (χ0n) is 9.38. The maximum absolute atomic E-state index is 9.68. The fraction of sp³-hybridized carbons (Fsp3) is 0.500. The van der Waals surface area contributed by atoms with Crippen molar-refractivity contribution in [2.75, 3.05) is 12.5 Å². The molecule has 15 heavy (non-hydrogen) atoms. The van der Waals surface area contributed by atoms with Crippen molar-refractivity contribution in [3.8, 4) is 5.75 Å². The molecule has 0 amide bonds. The van der Waals surface area contributed by atoms with Crippen molar-refractivity contribution < 1.29 is 9.84 Å². The average molecular weight is 229 g/mol. The van der Waals surface area contributed by atoms with Gasteiger partial charge in [0.1, 0.15) is 5.75 Å². The molecule has 0 fully saturated rings. The van der Waals surface area contributed by atoms with Crippen LogP contribution in [-0.2, 0) is 0 Å². The number of aliphatic hydroxyl groups is 1. The lowest BCUT2D eigenvalue weighted by atomic mass is 10.0. The summed E-state index contributed by atoms with van der Waals surface area (Å²) in [6, 6.07) is 3.89. The molecule has 0 aliphatic rings. The van der Waals surface area contributed by atoms with Gasteiger partial charge in [-0.2, -0.15) is 0 Å². The molecule has 0 heterocycles. The lowest BCUT2D eigenvalue weighted by molar-refractivity contribution is 0.201. The molecule has 0 bridgehead atoms. The standard InChI is InChI=1S/C12H17ClO2/c1-4-15-12-6-8(2)10(5-9(12)3)11(14)7-13/h5-6,11,14H,4,7H2,1-3H3. The average Bonchev–Trinajstić information content (AvgIpc) is 2.22. The lowest BCUT2D eigenvalue weighted by Crippen LogP contribution is -2.03. The second-order valence-corrected chi connectivity index (χ2v) is 3.89. The van der Waals surface area contributed by atoms with Gasteiger partial charge in [0.25, 0.3) is 0 Å². The molecule has 0 radical (unpaired) electrons. The first-order valence-electron chi connectivity index (χ1n) is 5.08. The maximum Gasteiger partial charge on any atom is 0.122 e. The summed E-state index contributed by atoms with van der Waals surface area (Å²) in [7, 11) is 0. The van der Waals surface area contributed by atoms with Crippen molar-refractivity contribution in [2.24, 2.45) is 0 Å². The van der Waals surface area contributed by atoms with Gasteiger partial charge in [0.05, 0.1) is 18.6 Å². The summed E-state index contributed by atoms with van der Waals surface area (Å²) >= 11 is 5.63. The number of rotatable bonds is 4. The van der Waals surface area contributed by atoms with E-state index in [9.17, 15) is 5.11 Å². The lowest BCUT2D eigenvalue weighted by Gasteiger charge is -2.15. The molecule has 0 aliphatic heterocycles. The van der Waals surface area contributed by atoms with Crippen LogP contribution in [0, 0.1) is 13.8 Å². The van der Waals surface area contributed by atoms with E-state index in [4.69, 9.17) is 16.3 Å². The highest BCUT2D eigenvalue weighted by atomic mass is 35.5. The summed E-state index contributed by atoms with van der Waals surface area (Å²) in [5.74, 6) is 1.09. The minimum atomic E-state index is -0.596. The van der Waals surface area contributed by atoms with E-state index in [1.807, 2.05) is 32.9 Å². The van der Waals surface area contributed by atoms with Crippen molar-refractivity contribution in [3.05, 3.63) is 28.8 Å². The first-order valence-corrected chi connectivity index (χ1v) is 5.61. The number of aliphatic hydroxyl groups excluding tert-OH is 1. The third-order valence-electron chi connectivity index (χ3n) is 2.37. The van der Waals surface area contributed by atoms with Gasteiger partial charge in [0, 0.05) is 0 Å². The topological polar surface area (TPSA) is 29.5 Å². The minimum Gasteiger partial charge on any atom is -0.494 e. The highest BCUT2D eigenvalue weighted by Gasteiger charge is 2.11. The Balaban J connectivity index is 3.07. The second kappa shape index (κ2) is 5.38. The van der Waals surface area contributed by atoms with E-state index in [1.54, 1.807) is 0 Å². The van der Waals surface area contributed by atoms with Gasteiger partial charge in [0.2, 0.25) is 0 Å². The Morgan fingerprint density at radius 1 is 1.33 bits per heavy atom. The molecule has 1 unspecified atom stereocenters. The Hall–Kier alpha value is -0.730. The van der Waals surface area contributed by atoms with E-state index in [0.29, 0.717) is 6.61 Å². The quantitative estimate of drug-likeness (QED) is 0.803. The molecule has 0 spiro atoms. The molecule has 0 aromatic heterocycles. The molecule has 84 valence electrons. The summed E-state index contributed by atoms with van der Waals surface area (Å²) in [5, 5.41) is 9.68. The Bertz CT molecular complexity index is 337. The van der Waals surface area contributed by atoms with Crippen molar-refractivity contribution in [1.82, 2.24) is 0 Å². The van der Waals surface area contributed by atoms with E-state index in [0.717, 1.165) is 22.4 Å². The number of alkyl halides is 1. The van der Waals surface area contributed by atoms with Crippen LogP contribution in [0.15, 0.2) is 12.1 Å². The molecule has 0 saturated heterocycles. The van der Waals surface area contributed by atoms with E-state index >= 15 is 0 Å². The number of ether oxygens (including phenoxy) is 1. The molecule has 1 rings (SSSR count). The summed E-state index contributed by atoms with van der Waals surface area (Å²) < 4.78 is 5.47. The van der Waals surface area contributed by atoms with Gasteiger partial charge in [-0.3, -0.25) is 0 Å². The van der Waals surface area contributed by atoms with Crippen LogP contribution in [-0.4, -0.2) is 17.6 Å². The predicted octanol–water partition coefficient (Wildman–Crippen LogP) is 2.97. The third kappa shape index (κ3) is 2.86. The molecule has 1 aromatic carbocycles. The van der Waals surface area contributed by atoms with Crippen molar-refractivity contribution >= 4 is 11.6 Å². The Labute approximate surface area is 95.8 Å². The number of aryl methyl sites for hydroxylation is 2. The van der Waals surface area contributed by atoms with Gasteiger partial charge >= 0.3 is 0 Å². The van der Waals surface area contributed by atoms with Crippen LogP contribution >= 0.6 is 11.6 Å². The highest BCUT2D eigenvalue weighted by Crippen LogP contribution is 2.27. The Morgan fingerprint density at radius 3 is 2.53 bits per heavy atom. The van der Waals surface area contributed by atoms with E-state index in [1.165, 1.54) is 0 Å². The van der Waals surface area contributed by atoms with Gasteiger partial charge in [0.15, 0.2) is 0 Å². The predicted molar refractivity (Wildman–Crippen MR) is 62.8 cm³/mol. The van der Waals surface area contributed by atoms with E-state index in [2.05, 4.69) is 0 Å². The number of hydrogen-bond donors (Lipinski definition) is 1. The normalized spacial score (nSPS) is 12.6. The van der Waals surface area contributed by atoms with Crippen molar-refractivity contribution in [2.45, 2.75) is 26.9 Å². The molecular formula is C12H17ClO2. The molecule has 0 saturated carbocycles. The van der Waals surface area contributed by atoms with Crippen molar-refractivity contribution in [3.63, 3.8) is 0 Å². The SMILES string of the molecule is CCOc1cc(C)c(C(O)CCl)cc1C. The summed E-state index contributed by atoms with van der Waals surface area (Å²) in [5.41, 5.74) is 2.92. The molecule has 0 aliphatic carbocycles. The molecule has 1 aromatic rings. The smallest absolute Gasteiger partial charge is 0.122 e. The zero-order chi connectivity index (χ0) is 11.4. The monoisotopic (exact) mass is 228 g/mol. The van der Waals surface area contributed by atoms with Gasteiger partial charge in [-0.15, -0.1) is 11.6 Å². The van der Waals surface area contributed by atoms with Crippen LogP contribution < -0.4 is 4.74 Å². The van der Waals surface area contributed by atoms with E-state index in [-0.39, 0.29) is 5.88 Å². The largest absolute Gasteiger partial charge is 0.494 e. The Kier molecular flexibility index (Phi) is 4.43. The molecule has 1 N–H and O–H groups in total. The van der Waals surface area contributed by atoms with Crippen LogP contribution in [0.1, 0.15) is 29.7 Å². The fourth-order valence-corrected chi connectivity index (χ4v) is 1.73.